The van der Waals surface area contributed by atoms with Gasteiger partial charge in [-0.2, -0.15) is 0 Å². The number of anilines is 2. The maximum Gasteiger partial charge on any atom is 0.313 e. The first-order chi connectivity index (χ1) is 14.0. The van der Waals surface area contributed by atoms with E-state index >= 15 is 0 Å². The van der Waals surface area contributed by atoms with Gasteiger partial charge in [-0.05, 0) is 55.0 Å². The average molecular weight is 431 g/mol. The molecule has 0 unspecified atom stereocenters. The Bertz CT molecular complexity index is 850. The predicted octanol–water partition coefficient (Wildman–Crippen LogP) is 2.43. The molecule has 1 heterocycles. The fourth-order valence-electron chi connectivity index (χ4n) is 3.46. The van der Waals surface area contributed by atoms with Gasteiger partial charge in [-0.3, -0.25) is 14.4 Å². The number of carbonyl (C=O) groups excluding carboxylic acids is 3. The standard InChI is InChI=1S/C22H26N4O3.ClH/c23-15-20(27)24-18-6-8-19(9-7-18)25-21(28)22(29)26-12-10-17(11-13-26)14-16-4-2-1-3-5-16;/h1-9,17H,10-15,23H2,(H,24,27)(H,25,28);1H. The highest BCUT2D eigenvalue weighted by atomic mass is 35.5. The summed E-state index contributed by atoms with van der Waals surface area (Å²) < 4.78 is 0. The van der Waals surface area contributed by atoms with E-state index in [4.69, 9.17) is 5.73 Å². The van der Waals surface area contributed by atoms with E-state index in [1.165, 1.54) is 5.56 Å². The molecule has 0 saturated carbocycles. The lowest BCUT2D eigenvalue weighted by Crippen LogP contribution is -2.44. The zero-order valence-corrected chi connectivity index (χ0v) is 17.5. The second-order valence-electron chi connectivity index (χ2n) is 7.21. The SMILES string of the molecule is Cl.NCC(=O)Nc1ccc(NC(=O)C(=O)N2CCC(Cc3ccccc3)CC2)cc1. The van der Waals surface area contributed by atoms with Crippen molar-refractivity contribution in [3.63, 3.8) is 0 Å². The number of likely N-dealkylation sites (tertiary alicyclic amines) is 1. The molecule has 2 aromatic rings. The van der Waals surface area contributed by atoms with Crippen molar-refractivity contribution in [3.8, 4) is 0 Å². The minimum atomic E-state index is -0.648. The Labute approximate surface area is 182 Å². The van der Waals surface area contributed by atoms with Crippen molar-refractivity contribution in [1.29, 1.82) is 0 Å². The van der Waals surface area contributed by atoms with Crippen molar-refractivity contribution in [3.05, 3.63) is 60.2 Å². The summed E-state index contributed by atoms with van der Waals surface area (Å²) >= 11 is 0. The number of halogens is 1. The van der Waals surface area contributed by atoms with Gasteiger partial charge in [-0.15, -0.1) is 12.4 Å². The topological polar surface area (TPSA) is 105 Å². The zero-order chi connectivity index (χ0) is 20.6. The van der Waals surface area contributed by atoms with Gasteiger partial charge in [-0.1, -0.05) is 30.3 Å². The van der Waals surface area contributed by atoms with Crippen LogP contribution in [0.5, 0.6) is 0 Å². The smallest absolute Gasteiger partial charge is 0.313 e. The zero-order valence-electron chi connectivity index (χ0n) is 16.7. The highest BCUT2D eigenvalue weighted by molar-refractivity contribution is 6.39. The van der Waals surface area contributed by atoms with Gasteiger partial charge in [0.2, 0.25) is 5.91 Å². The fraction of sp³-hybridized carbons (Fsp3) is 0.318. The highest BCUT2D eigenvalue weighted by Gasteiger charge is 2.27. The Hall–Kier alpha value is -2.90. The third kappa shape index (κ3) is 6.57. The van der Waals surface area contributed by atoms with E-state index in [-0.39, 0.29) is 24.9 Å². The second-order valence-corrected chi connectivity index (χ2v) is 7.21. The maximum atomic E-state index is 12.5. The van der Waals surface area contributed by atoms with Gasteiger partial charge < -0.3 is 21.3 Å². The van der Waals surface area contributed by atoms with Crippen LogP contribution in [0.4, 0.5) is 11.4 Å². The molecule has 8 heteroatoms. The summed E-state index contributed by atoms with van der Waals surface area (Å²) in [5.41, 5.74) is 7.63. The lowest BCUT2D eigenvalue weighted by atomic mass is 9.90. The molecular formula is C22H27ClN4O3. The van der Waals surface area contributed by atoms with E-state index in [0.717, 1.165) is 19.3 Å². The van der Waals surface area contributed by atoms with Crippen LogP contribution in [0.15, 0.2) is 54.6 Å². The lowest BCUT2D eigenvalue weighted by Gasteiger charge is -2.31. The number of nitrogens with one attached hydrogen (secondary N) is 2. The van der Waals surface area contributed by atoms with Crippen molar-refractivity contribution in [2.75, 3.05) is 30.3 Å². The lowest BCUT2D eigenvalue weighted by molar-refractivity contribution is -0.144. The van der Waals surface area contributed by atoms with E-state index in [1.807, 2.05) is 18.2 Å². The van der Waals surface area contributed by atoms with Crippen molar-refractivity contribution in [2.24, 2.45) is 11.7 Å². The highest BCUT2D eigenvalue weighted by Crippen LogP contribution is 2.22. The second kappa shape index (κ2) is 11.3. The first kappa shape index (κ1) is 23.4. The van der Waals surface area contributed by atoms with E-state index in [1.54, 1.807) is 29.2 Å². The molecule has 30 heavy (non-hydrogen) atoms. The summed E-state index contributed by atoms with van der Waals surface area (Å²) in [5.74, 6) is -0.928. The van der Waals surface area contributed by atoms with Gasteiger partial charge in [0.25, 0.3) is 0 Å². The third-order valence-corrected chi connectivity index (χ3v) is 5.08. The molecular weight excluding hydrogens is 404 g/mol. The number of amides is 3. The Morgan fingerprint density at radius 2 is 1.47 bits per heavy atom. The average Bonchev–Trinajstić information content (AvgIpc) is 2.75. The van der Waals surface area contributed by atoms with Crippen molar-refractivity contribution in [2.45, 2.75) is 19.3 Å². The van der Waals surface area contributed by atoms with Gasteiger partial charge in [0, 0.05) is 24.5 Å². The number of rotatable bonds is 5. The summed E-state index contributed by atoms with van der Waals surface area (Å²) in [4.78, 5) is 37.7. The van der Waals surface area contributed by atoms with Gasteiger partial charge in [0.15, 0.2) is 0 Å². The number of hydrogen-bond acceptors (Lipinski definition) is 4. The number of hydrogen-bond donors (Lipinski definition) is 3. The van der Waals surface area contributed by atoms with Gasteiger partial charge >= 0.3 is 11.8 Å². The fourth-order valence-corrected chi connectivity index (χ4v) is 3.46. The van der Waals surface area contributed by atoms with E-state index < -0.39 is 11.8 Å². The van der Waals surface area contributed by atoms with Crippen molar-refractivity contribution in [1.82, 2.24) is 4.90 Å². The first-order valence-electron chi connectivity index (χ1n) is 9.79. The van der Waals surface area contributed by atoms with E-state index in [0.29, 0.717) is 30.4 Å². The largest absolute Gasteiger partial charge is 0.334 e. The molecule has 7 nitrogen and oxygen atoms in total. The number of nitrogens with two attached hydrogens (primary N) is 1. The van der Waals surface area contributed by atoms with Crippen molar-refractivity contribution >= 4 is 41.5 Å². The van der Waals surface area contributed by atoms with Gasteiger partial charge in [0.1, 0.15) is 0 Å². The molecule has 3 rings (SSSR count). The first-order valence-corrected chi connectivity index (χ1v) is 9.79. The number of benzene rings is 2. The Kier molecular flexibility index (Phi) is 8.83. The molecule has 1 fully saturated rings. The van der Waals surface area contributed by atoms with Crippen LogP contribution in [0, 0.1) is 5.92 Å². The molecule has 160 valence electrons. The molecule has 4 N–H and O–H groups in total. The van der Waals surface area contributed by atoms with E-state index in [2.05, 4.69) is 22.8 Å². The van der Waals surface area contributed by atoms with Crippen LogP contribution < -0.4 is 16.4 Å². The van der Waals surface area contributed by atoms with Crippen LogP contribution >= 0.6 is 12.4 Å². The summed E-state index contributed by atoms with van der Waals surface area (Å²) in [6, 6.07) is 16.9. The minimum Gasteiger partial charge on any atom is -0.334 e. The number of carbonyl (C=O) groups is 3. The molecule has 1 saturated heterocycles. The number of nitrogens with zero attached hydrogens (tertiary/aromatic N) is 1. The Balaban J connectivity index is 0.00000320. The predicted molar refractivity (Wildman–Crippen MR) is 119 cm³/mol. The van der Waals surface area contributed by atoms with Crippen LogP contribution in [-0.2, 0) is 20.8 Å². The molecule has 2 aromatic carbocycles. The van der Waals surface area contributed by atoms with Crippen LogP contribution in [-0.4, -0.2) is 42.3 Å². The maximum absolute atomic E-state index is 12.5. The van der Waals surface area contributed by atoms with E-state index in [9.17, 15) is 14.4 Å². The Morgan fingerprint density at radius 1 is 0.900 bits per heavy atom. The number of piperidine rings is 1. The molecule has 0 aromatic heterocycles. The monoisotopic (exact) mass is 430 g/mol. The summed E-state index contributed by atoms with van der Waals surface area (Å²) in [5, 5.41) is 5.23. The molecule has 0 bridgehead atoms. The van der Waals surface area contributed by atoms with Crippen LogP contribution in [0.3, 0.4) is 0 Å². The normalized spacial score (nSPS) is 13.8. The van der Waals surface area contributed by atoms with Crippen LogP contribution in [0.2, 0.25) is 0 Å². The summed E-state index contributed by atoms with van der Waals surface area (Å²) in [6.45, 7) is 1.08. The molecule has 1 aliphatic rings. The molecule has 0 aliphatic carbocycles. The molecule has 0 atom stereocenters. The summed E-state index contributed by atoms with van der Waals surface area (Å²) in [6.07, 6.45) is 2.79. The molecule has 3 amide bonds. The molecule has 1 aliphatic heterocycles. The molecule has 0 radical (unpaired) electrons. The van der Waals surface area contributed by atoms with Crippen LogP contribution in [0.25, 0.3) is 0 Å². The van der Waals surface area contributed by atoms with Gasteiger partial charge in [0.05, 0.1) is 6.54 Å². The quantitative estimate of drug-likeness (QED) is 0.633. The third-order valence-electron chi connectivity index (χ3n) is 5.08. The minimum absolute atomic E-state index is 0. The molecule has 0 spiro atoms. The van der Waals surface area contributed by atoms with Gasteiger partial charge in [-0.25, -0.2) is 0 Å². The van der Waals surface area contributed by atoms with Crippen LogP contribution in [0.1, 0.15) is 18.4 Å². The summed E-state index contributed by atoms with van der Waals surface area (Å²) in [7, 11) is 0. The van der Waals surface area contributed by atoms with Crippen molar-refractivity contribution < 1.29 is 14.4 Å². The Morgan fingerprint density at radius 3 is 2.03 bits per heavy atom.